The van der Waals surface area contributed by atoms with E-state index in [1.165, 1.54) is 18.6 Å². The smallest absolute Gasteiger partial charge is 0.422 e. The predicted molar refractivity (Wildman–Crippen MR) is 96.4 cm³/mol. The van der Waals surface area contributed by atoms with Crippen molar-refractivity contribution in [1.29, 1.82) is 0 Å². The third-order valence-corrected chi connectivity index (χ3v) is 4.14. The number of ether oxygens (including phenoxy) is 1. The van der Waals surface area contributed by atoms with Crippen LogP contribution in [-0.4, -0.2) is 56.9 Å². The fourth-order valence-electron chi connectivity index (χ4n) is 2.80. The zero-order valence-electron chi connectivity index (χ0n) is 15.3. The number of aliphatic imine (C=N–C) groups is 1. The van der Waals surface area contributed by atoms with E-state index in [4.69, 9.17) is 4.74 Å². The third-order valence-electron chi connectivity index (χ3n) is 4.14. The molecule has 146 valence electrons. The third kappa shape index (κ3) is 7.51. The van der Waals surface area contributed by atoms with Gasteiger partial charge < -0.3 is 20.3 Å². The Morgan fingerprint density at radius 3 is 2.58 bits per heavy atom. The first-order valence-corrected chi connectivity index (χ1v) is 8.85. The van der Waals surface area contributed by atoms with Gasteiger partial charge in [0.15, 0.2) is 12.6 Å². The standard InChI is InChI=1S/C18H27F3N4O/c1-3-22-17(24-11-15-8-9-25(2)12-15)23-10-14-4-6-16(7-5-14)26-13-18(19,20)21/h4-7,15H,3,8-13H2,1-2H3,(H2,22,23,24). The van der Waals surface area contributed by atoms with Crippen LogP contribution in [-0.2, 0) is 6.54 Å². The minimum absolute atomic E-state index is 0.199. The van der Waals surface area contributed by atoms with Gasteiger partial charge in [-0.1, -0.05) is 12.1 Å². The second-order valence-corrected chi connectivity index (χ2v) is 6.54. The summed E-state index contributed by atoms with van der Waals surface area (Å²) in [7, 11) is 2.13. The van der Waals surface area contributed by atoms with Crippen molar-refractivity contribution in [2.75, 3.05) is 39.8 Å². The Labute approximate surface area is 152 Å². The molecule has 26 heavy (non-hydrogen) atoms. The molecular formula is C18H27F3N4O. The molecule has 1 aliphatic rings. The monoisotopic (exact) mass is 372 g/mol. The summed E-state index contributed by atoms with van der Waals surface area (Å²) >= 11 is 0. The lowest BCUT2D eigenvalue weighted by molar-refractivity contribution is -0.153. The maximum Gasteiger partial charge on any atom is 0.422 e. The molecule has 2 rings (SSSR count). The maximum atomic E-state index is 12.1. The van der Waals surface area contributed by atoms with Gasteiger partial charge in [-0.3, -0.25) is 0 Å². The Balaban J connectivity index is 1.83. The van der Waals surface area contributed by atoms with Gasteiger partial charge in [0.1, 0.15) is 5.75 Å². The lowest BCUT2D eigenvalue weighted by Crippen LogP contribution is -2.40. The first kappa shape index (κ1) is 20.4. The number of nitrogens with one attached hydrogen (secondary N) is 2. The molecule has 1 aliphatic heterocycles. The molecule has 5 nitrogen and oxygen atoms in total. The molecule has 2 N–H and O–H groups in total. The molecule has 1 heterocycles. The fraction of sp³-hybridized carbons (Fsp3) is 0.611. The number of guanidine groups is 1. The molecule has 1 fully saturated rings. The molecule has 1 unspecified atom stereocenters. The second-order valence-electron chi connectivity index (χ2n) is 6.54. The van der Waals surface area contributed by atoms with Gasteiger partial charge in [-0.05, 0) is 50.6 Å². The lowest BCUT2D eigenvalue weighted by Gasteiger charge is -2.15. The van der Waals surface area contributed by atoms with E-state index in [0.29, 0.717) is 12.5 Å². The molecule has 1 saturated heterocycles. The van der Waals surface area contributed by atoms with Gasteiger partial charge in [0.2, 0.25) is 0 Å². The Hall–Kier alpha value is -1.96. The molecule has 1 aromatic rings. The quantitative estimate of drug-likeness (QED) is 0.571. The molecule has 0 aliphatic carbocycles. The van der Waals surface area contributed by atoms with Crippen molar-refractivity contribution in [3.63, 3.8) is 0 Å². The summed E-state index contributed by atoms with van der Waals surface area (Å²) in [5, 5.41) is 6.58. The second kappa shape index (κ2) is 9.66. The number of likely N-dealkylation sites (tertiary alicyclic amines) is 1. The average Bonchev–Trinajstić information content (AvgIpc) is 3.01. The molecule has 0 spiro atoms. The lowest BCUT2D eigenvalue weighted by atomic mass is 10.1. The number of nitrogens with zero attached hydrogens (tertiary/aromatic N) is 2. The molecule has 0 aromatic heterocycles. The van der Waals surface area contributed by atoms with Gasteiger partial charge in [0, 0.05) is 19.6 Å². The number of halogens is 3. The summed E-state index contributed by atoms with van der Waals surface area (Å²) in [5.41, 5.74) is 0.905. The van der Waals surface area contributed by atoms with Gasteiger partial charge >= 0.3 is 6.18 Å². The summed E-state index contributed by atoms with van der Waals surface area (Å²) in [5.74, 6) is 1.57. The van der Waals surface area contributed by atoms with Gasteiger partial charge in [-0.15, -0.1) is 0 Å². The molecule has 0 saturated carbocycles. The van der Waals surface area contributed by atoms with Crippen molar-refractivity contribution in [1.82, 2.24) is 15.5 Å². The van der Waals surface area contributed by atoms with Gasteiger partial charge in [0.05, 0.1) is 6.54 Å². The van der Waals surface area contributed by atoms with Crippen molar-refractivity contribution in [3.05, 3.63) is 29.8 Å². The number of rotatable bonds is 7. The van der Waals surface area contributed by atoms with Crippen LogP contribution in [0.5, 0.6) is 5.75 Å². The van der Waals surface area contributed by atoms with Crippen molar-refractivity contribution in [2.24, 2.45) is 10.9 Å². The zero-order chi connectivity index (χ0) is 19.0. The molecule has 0 bridgehead atoms. The number of alkyl halides is 3. The predicted octanol–water partition coefficient (Wildman–Crippen LogP) is 2.63. The van der Waals surface area contributed by atoms with E-state index >= 15 is 0 Å². The van der Waals surface area contributed by atoms with Gasteiger partial charge in [-0.2, -0.15) is 13.2 Å². The van der Waals surface area contributed by atoms with Crippen LogP contribution in [0.15, 0.2) is 29.3 Å². The Morgan fingerprint density at radius 1 is 1.27 bits per heavy atom. The maximum absolute atomic E-state index is 12.1. The Bertz CT molecular complexity index is 575. The van der Waals surface area contributed by atoms with E-state index in [1.54, 1.807) is 12.1 Å². The zero-order valence-corrected chi connectivity index (χ0v) is 15.3. The van der Waals surface area contributed by atoms with E-state index < -0.39 is 12.8 Å². The highest BCUT2D eigenvalue weighted by atomic mass is 19.4. The molecule has 8 heteroatoms. The van der Waals surface area contributed by atoms with Crippen LogP contribution >= 0.6 is 0 Å². The highest BCUT2D eigenvalue weighted by molar-refractivity contribution is 5.79. The highest BCUT2D eigenvalue weighted by Crippen LogP contribution is 2.19. The molecule has 0 amide bonds. The fourth-order valence-corrected chi connectivity index (χ4v) is 2.80. The molecule has 1 aromatic carbocycles. The normalized spacial score (nSPS) is 18.8. The largest absolute Gasteiger partial charge is 0.484 e. The Kier molecular flexibility index (Phi) is 7.56. The molecule has 0 radical (unpaired) electrons. The summed E-state index contributed by atoms with van der Waals surface area (Å²) < 4.78 is 41.2. The van der Waals surface area contributed by atoms with Crippen LogP contribution in [0, 0.1) is 5.92 Å². The van der Waals surface area contributed by atoms with E-state index in [0.717, 1.165) is 37.7 Å². The number of hydrogen-bond acceptors (Lipinski definition) is 3. The Morgan fingerprint density at radius 2 is 2.00 bits per heavy atom. The topological polar surface area (TPSA) is 48.9 Å². The van der Waals surface area contributed by atoms with Gasteiger partial charge in [-0.25, -0.2) is 4.99 Å². The van der Waals surface area contributed by atoms with Crippen LogP contribution in [0.25, 0.3) is 0 Å². The SMILES string of the molecule is CCNC(=NCc1ccc(OCC(F)(F)F)cc1)NCC1CCN(C)C1. The minimum atomic E-state index is -4.33. The van der Waals surface area contributed by atoms with E-state index in [2.05, 4.69) is 27.6 Å². The first-order valence-electron chi connectivity index (χ1n) is 8.85. The first-order chi connectivity index (χ1) is 12.4. The number of hydrogen-bond donors (Lipinski definition) is 2. The summed E-state index contributed by atoms with van der Waals surface area (Å²) in [6.45, 7) is 5.03. The summed E-state index contributed by atoms with van der Waals surface area (Å²) in [4.78, 5) is 6.86. The van der Waals surface area contributed by atoms with Crippen molar-refractivity contribution in [3.8, 4) is 5.75 Å². The van der Waals surface area contributed by atoms with Crippen molar-refractivity contribution in [2.45, 2.75) is 26.1 Å². The average molecular weight is 372 g/mol. The van der Waals surface area contributed by atoms with E-state index in [1.807, 2.05) is 6.92 Å². The van der Waals surface area contributed by atoms with Crippen LogP contribution < -0.4 is 15.4 Å². The van der Waals surface area contributed by atoms with Crippen LogP contribution in [0.4, 0.5) is 13.2 Å². The minimum Gasteiger partial charge on any atom is -0.484 e. The van der Waals surface area contributed by atoms with Crippen molar-refractivity contribution >= 4 is 5.96 Å². The molecule has 1 atom stereocenters. The van der Waals surface area contributed by atoms with Crippen LogP contribution in [0.2, 0.25) is 0 Å². The van der Waals surface area contributed by atoms with Crippen LogP contribution in [0.1, 0.15) is 18.9 Å². The van der Waals surface area contributed by atoms with E-state index in [-0.39, 0.29) is 5.75 Å². The van der Waals surface area contributed by atoms with Crippen LogP contribution in [0.3, 0.4) is 0 Å². The van der Waals surface area contributed by atoms with E-state index in [9.17, 15) is 13.2 Å². The highest BCUT2D eigenvalue weighted by Gasteiger charge is 2.28. The van der Waals surface area contributed by atoms with Gasteiger partial charge in [0.25, 0.3) is 0 Å². The summed E-state index contributed by atoms with van der Waals surface area (Å²) in [6, 6.07) is 6.52. The van der Waals surface area contributed by atoms with Crippen molar-refractivity contribution < 1.29 is 17.9 Å². The number of benzene rings is 1. The molecular weight excluding hydrogens is 345 g/mol. The summed E-state index contributed by atoms with van der Waals surface area (Å²) in [6.07, 6.45) is -3.15.